The van der Waals surface area contributed by atoms with E-state index in [2.05, 4.69) is 9.84 Å². The van der Waals surface area contributed by atoms with Crippen molar-refractivity contribution in [2.24, 2.45) is 0 Å². The second-order valence-corrected chi connectivity index (χ2v) is 5.28. The summed E-state index contributed by atoms with van der Waals surface area (Å²) in [5, 5.41) is 4.23. The summed E-state index contributed by atoms with van der Waals surface area (Å²) in [4.78, 5) is 11.5. The number of aromatic nitrogens is 2. The molecule has 0 unspecified atom stereocenters. The Bertz CT molecular complexity index is 687. The summed E-state index contributed by atoms with van der Waals surface area (Å²) in [6.45, 7) is 0. The molecule has 1 heterocycles. The molecule has 0 N–H and O–H groups in total. The lowest BCUT2D eigenvalue weighted by atomic mass is 10.2. The third-order valence-corrected chi connectivity index (χ3v) is 3.16. The van der Waals surface area contributed by atoms with Gasteiger partial charge in [-0.05, 0) is 6.07 Å². The lowest BCUT2D eigenvalue weighted by Crippen LogP contribution is -2.13. The molecule has 7 heteroatoms. The Morgan fingerprint density at radius 1 is 1.35 bits per heavy atom. The molecule has 0 amide bonds. The molecule has 1 aromatic heterocycles. The molecule has 1 aromatic carbocycles. The van der Waals surface area contributed by atoms with Gasteiger partial charge in [0.1, 0.15) is 0 Å². The van der Waals surface area contributed by atoms with Crippen LogP contribution in [0.3, 0.4) is 0 Å². The third-order valence-electron chi connectivity index (χ3n) is 2.25. The topological polar surface area (TPSA) is 78.3 Å². The number of benzene rings is 1. The van der Waals surface area contributed by atoms with E-state index in [0.717, 1.165) is 10.3 Å². The van der Waals surface area contributed by atoms with E-state index in [0.29, 0.717) is 10.9 Å². The van der Waals surface area contributed by atoms with E-state index in [-0.39, 0.29) is 5.69 Å². The van der Waals surface area contributed by atoms with Gasteiger partial charge in [-0.25, -0.2) is 13.2 Å². The number of hydrogen-bond acceptors (Lipinski definition) is 5. The van der Waals surface area contributed by atoms with Crippen LogP contribution in [0.2, 0.25) is 0 Å². The van der Waals surface area contributed by atoms with Gasteiger partial charge in [0, 0.05) is 5.39 Å². The van der Waals surface area contributed by atoms with E-state index in [4.69, 9.17) is 0 Å². The van der Waals surface area contributed by atoms with Gasteiger partial charge in [0.2, 0.25) is 0 Å². The molecule has 0 spiro atoms. The molecule has 6 nitrogen and oxygen atoms in total. The van der Waals surface area contributed by atoms with E-state index in [1.165, 1.54) is 7.11 Å². The quantitative estimate of drug-likeness (QED) is 0.734. The summed E-state index contributed by atoms with van der Waals surface area (Å²) in [6, 6.07) is 6.57. The second-order valence-electron chi connectivity index (χ2n) is 3.46. The number of hydrogen-bond donors (Lipinski definition) is 0. The number of carbonyl (C=O) groups is 1. The number of methoxy groups -OCH3 is 1. The zero-order chi connectivity index (χ0) is 12.6. The molecule has 0 saturated heterocycles. The van der Waals surface area contributed by atoms with Crippen molar-refractivity contribution >= 4 is 26.9 Å². The molecule has 90 valence electrons. The summed E-state index contributed by atoms with van der Waals surface area (Å²) < 4.78 is 28.4. The predicted molar refractivity (Wildman–Crippen MR) is 61.3 cm³/mol. The zero-order valence-corrected chi connectivity index (χ0v) is 10.1. The van der Waals surface area contributed by atoms with Crippen molar-refractivity contribution in [1.29, 1.82) is 0 Å². The van der Waals surface area contributed by atoms with Gasteiger partial charge in [-0.15, -0.1) is 5.10 Å². The largest absolute Gasteiger partial charge is 0.464 e. The van der Waals surface area contributed by atoms with Gasteiger partial charge in [0.15, 0.2) is 5.69 Å². The van der Waals surface area contributed by atoms with Crippen molar-refractivity contribution in [3.63, 3.8) is 0 Å². The van der Waals surface area contributed by atoms with E-state index >= 15 is 0 Å². The van der Waals surface area contributed by atoms with Crippen LogP contribution in [0.4, 0.5) is 0 Å². The molecular weight excluding hydrogens is 244 g/mol. The van der Waals surface area contributed by atoms with Gasteiger partial charge in [0.05, 0.1) is 18.9 Å². The Morgan fingerprint density at radius 2 is 2.00 bits per heavy atom. The van der Waals surface area contributed by atoms with Gasteiger partial charge in [-0.2, -0.15) is 4.09 Å². The van der Waals surface area contributed by atoms with E-state index in [1.807, 2.05) is 0 Å². The molecule has 0 saturated carbocycles. The minimum Gasteiger partial charge on any atom is -0.464 e. The average Bonchev–Trinajstić information content (AvgIpc) is 2.67. The average molecular weight is 254 g/mol. The maximum Gasteiger partial charge on any atom is 0.359 e. The Hall–Kier alpha value is -1.89. The molecule has 0 fully saturated rings. The minimum atomic E-state index is -3.55. The number of ether oxygens (including phenoxy) is 1. The van der Waals surface area contributed by atoms with Crippen LogP contribution in [0.1, 0.15) is 10.5 Å². The molecule has 0 aliphatic carbocycles. The minimum absolute atomic E-state index is 0.00600. The second kappa shape index (κ2) is 3.85. The Balaban J connectivity index is 2.85. The molecule has 0 radical (unpaired) electrons. The smallest absolute Gasteiger partial charge is 0.359 e. The Morgan fingerprint density at radius 3 is 2.59 bits per heavy atom. The first kappa shape index (κ1) is 11.6. The van der Waals surface area contributed by atoms with Crippen molar-refractivity contribution in [2.75, 3.05) is 13.4 Å². The number of fused-ring (bicyclic) bond motifs is 1. The fourth-order valence-corrected chi connectivity index (χ4v) is 2.29. The van der Waals surface area contributed by atoms with Crippen LogP contribution >= 0.6 is 0 Å². The van der Waals surface area contributed by atoms with Gasteiger partial charge in [-0.3, -0.25) is 0 Å². The first-order valence-electron chi connectivity index (χ1n) is 4.72. The van der Waals surface area contributed by atoms with Crippen molar-refractivity contribution < 1.29 is 17.9 Å². The fraction of sp³-hybridized carbons (Fsp3) is 0.200. The maximum atomic E-state index is 11.5. The van der Waals surface area contributed by atoms with Gasteiger partial charge >= 0.3 is 5.97 Å². The van der Waals surface area contributed by atoms with E-state index in [1.54, 1.807) is 24.3 Å². The van der Waals surface area contributed by atoms with Crippen LogP contribution in [-0.4, -0.2) is 36.9 Å². The summed E-state index contributed by atoms with van der Waals surface area (Å²) >= 11 is 0. The lowest BCUT2D eigenvalue weighted by molar-refractivity contribution is 0.0596. The predicted octanol–water partition coefficient (Wildman–Crippen LogP) is 0.631. The summed E-state index contributed by atoms with van der Waals surface area (Å²) in [5.41, 5.74) is 0.351. The number of para-hydroxylation sites is 1. The normalized spacial score (nSPS) is 11.6. The molecule has 0 atom stereocenters. The van der Waals surface area contributed by atoms with Crippen molar-refractivity contribution in [2.45, 2.75) is 0 Å². The molecule has 0 bridgehead atoms. The Kier molecular flexibility index (Phi) is 2.62. The van der Waals surface area contributed by atoms with Crippen LogP contribution in [-0.2, 0) is 14.8 Å². The highest BCUT2D eigenvalue weighted by Crippen LogP contribution is 2.20. The third kappa shape index (κ3) is 1.89. The van der Waals surface area contributed by atoms with Gasteiger partial charge in [-0.1, -0.05) is 18.2 Å². The molecule has 2 rings (SSSR count). The van der Waals surface area contributed by atoms with Crippen molar-refractivity contribution in [3.8, 4) is 0 Å². The van der Waals surface area contributed by atoms with Crippen LogP contribution in [0.25, 0.3) is 10.9 Å². The molecule has 17 heavy (non-hydrogen) atoms. The summed E-state index contributed by atoms with van der Waals surface area (Å²) in [7, 11) is -2.33. The van der Waals surface area contributed by atoms with Gasteiger partial charge in [0.25, 0.3) is 10.0 Å². The van der Waals surface area contributed by atoms with Crippen LogP contribution in [0.15, 0.2) is 24.3 Å². The maximum absolute atomic E-state index is 11.5. The fourth-order valence-electron chi connectivity index (χ4n) is 1.54. The van der Waals surface area contributed by atoms with Crippen molar-refractivity contribution in [1.82, 2.24) is 9.19 Å². The van der Waals surface area contributed by atoms with Crippen LogP contribution in [0, 0.1) is 0 Å². The standard InChI is InChI=1S/C10H10N2O4S/c1-16-10(13)9-7-5-3-4-6-8(7)12(11-9)17(2,14)15/h3-6H,1-2H3. The first-order valence-corrected chi connectivity index (χ1v) is 6.56. The number of esters is 1. The molecule has 2 aromatic rings. The zero-order valence-electron chi connectivity index (χ0n) is 9.25. The van der Waals surface area contributed by atoms with Crippen LogP contribution < -0.4 is 0 Å². The van der Waals surface area contributed by atoms with Gasteiger partial charge < -0.3 is 4.74 Å². The molecule has 0 aliphatic rings. The summed E-state index contributed by atoms with van der Waals surface area (Å²) in [5.74, 6) is -0.663. The first-order chi connectivity index (χ1) is 7.95. The highest BCUT2D eigenvalue weighted by atomic mass is 32.2. The monoisotopic (exact) mass is 254 g/mol. The number of carbonyl (C=O) groups excluding carboxylic acids is 1. The highest BCUT2D eigenvalue weighted by Gasteiger charge is 2.21. The SMILES string of the molecule is COC(=O)c1nn(S(C)(=O)=O)c2ccccc12. The highest BCUT2D eigenvalue weighted by molar-refractivity contribution is 7.89. The van der Waals surface area contributed by atoms with E-state index in [9.17, 15) is 13.2 Å². The molecule has 0 aliphatic heterocycles. The van der Waals surface area contributed by atoms with Crippen LogP contribution in [0.5, 0.6) is 0 Å². The molecular formula is C10H10N2O4S. The lowest BCUT2D eigenvalue weighted by Gasteiger charge is -1.97. The van der Waals surface area contributed by atoms with E-state index < -0.39 is 16.0 Å². The Labute approximate surface area is 97.9 Å². The number of rotatable bonds is 2. The van der Waals surface area contributed by atoms with Crippen molar-refractivity contribution in [3.05, 3.63) is 30.0 Å². The number of nitrogens with zero attached hydrogens (tertiary/aromatic N) is 2. The summed E-state index contributed by atoms with van der Waals surface area (Å²) in [6.07, 6.45) is 1.02.